The van der Waals surface area contributed by atoms with Crippen LogP contribution in [0.15, 0.2) is 120 Å². The van der Waals surface area contributed by atoms with E-state index in [-0.39, 0.29) is 0 Å². The number of fused-ring (bicyclic) bond motifs is 3. The van der Waals surface area contributed by atoms with Crippen LogP contribution in [0, 0.1) is 0 Å². The molecule has 0 aliphatic heterocycles. The Morgan fingerprint density at radius 1 is 1.03 bits per heavy atom. The lowest BCUT2D eigenvalue weighted by Gasteiger charge is -2.24. The van der Waals surface area contributed by atoms with Gasteiger partial charge in [0, 0.05) is 34.8 Å². The quantitative estimate of drug-likeness (QED) is 0.385. The summed E-state index contributed by atoms with van der Waals surface area (Å²) < 4.78 is 6.14. The van der Waals surface area contributed by atoms with E-state index in [2.05, 4.69) is 67.6 Å². The molecular weight excluding hydrogens is 378 g/mol. The molecule has 0 unspecified atom stereocenters. The van der Waals surface area contributed by atoms with Crippen molar-refractivity contribution >= 4 is 33.2 Å². The minimum Gasteiger partial charge on any atom is -0.456 e. The van der Waals surface area contributed by atoms with Crippen LogP contribution in [0.4, 0.5) is 5.69 Å². The number of rotatable bonds is 6. The fraction of sp³-hybridized carbons (Fsp3) is 0.103. The number of benzene rings is 2. The molecule has 4 rings (SSSR count). The van der Waals surface area contributed by atoms with Gasteiger partial charge in [-0.25, -0.2) is 0 Å². The lowest BCUT2D eigenvalue weighted by molar-refractivity contribution is 0.669. The zero-order chi connectivity index (χ0) is 21.8. The van der Waals surface area contributed by atoms with Crippen molar-refractivity contribution in [2.24, 2.45) is 0 Å². The first-order chi connectivity index (χ1) is 15.1. The van der Waals surface area contributed by atoms with E-state index in [1.807, 2.05) is 55.5 Å². The molecule has 2 heteroatoms. The molecule has 1 aromatic heterocycles. The molecule has 0 spiro atoms. The first-order valence-electron chi connectivity index (χ1n) is 10.5. The molecule has 0 atom stereocenters. The van der Waals surface area contributed by atoms with E-state index in [4.69, 9.17) is 4.42 Å². The Kier molecular flexibility index (Phi) is 5.90. The molecule has 1 aliphatic rings. The summed E-state index contributed by atoms with van der Waals surface area (Å²) in [5.41, 5.74) is 6.94. The highest BCUT2D eigenvalue weighted by Gasteiger charge is 2.19. The standard InChI is InChI=1S/C29H27NO/c1-5-6-8-13-21(2)28-25(30(4)22(3)20-23-14-9-7-10-15-23)18-19-27-29(28)24-16-11-12-17-26(24)31-27/h5-14,16-20H,2-3,15H2,1,4H3/b6-5?,13-8-,23-20-. The number of nitrogens with zero attached hydrogens (tertiary/aromatic N) is 1. The van der Waals surface area contributed by atoms with E-state index in [1.165, 1.54) is 5.57 Å². The van der Waals surface area contributed by atoms with Gasteiger partial charge in [0.2, 0.25) is 0 Å². The SMILES string of the molecule is C=C(/C=C\C=CC)c1c(N(C)C(=C)/C=C2/C=CC=CC2)ccc2oc3ccccc3c12. The molecule has 0 bridgehead atoms. The summed E-state index contributed by atoms with van der Waals surface area (Å²) in [5.74, 6) is 0. The first kappa shape index (κ1) is 20.5. The minimum atomic E-state index is 0.859. The van der Waals surface area contributed by atoms with Gasteiger partial charge in [-0.15, -0.1) is 0 Å². The van der Waals surface area contributed by atoms with Crippen LogP contribution in [0.5, 0.6) is 0 Å². The van der Waals surface area contributed by atoms with Crippen LogP contribution in [0.2, 0.25) is 0 Å². The molecular formula is C29H27NO. The largest absolute Gasteiger partial charge is 0.456 e. The summed E-state index contributed by atoms with van der Waals surface area (Å²) in [6.07, 6.45) is 19.5. The molecule has 3 aromatic rings. The van der Waals surface area contributed by atoms with Crippen molar-refractivity contribution in [3.05, 3.63) is 121 Å². The maximum atomic E-state index is 6.14. The number of anilines is 1. The second-order valence-corrected chi connectivity index (χ2v) is 7.60. The monoisotopic (exact) mass is 405 g/mol. The smallest absolute Gasteiger partial charge is 0.136 e. The van der Waals surface area contributed by atoms with E-state index < -0.39 is 0 Å². The van der Waals surface area contributed by atoms with Crippen molar-refractivity contribution in [1.29, 1.82) is 0 Å². The average Bonchev–Trinajstić information content (AvgIpc) is 3.17. The van der Waals surface area contributed by atoms with Gasteiger partial charge in [-0.2, -0.15) is 0 Å². The van der Waals surface area contributed by atoms with Gasteiger partial charge in [0.25, 0.3) is 0 Å². The Labute approximate surface area is 184 Å². The predicted molar refractivity (Wildman–Crippen MR) is 135 cm³/mol. The van der Waals surface area contributed by atoms with E-state index in [9.17, 15) is 0 Å². The van der Waals surface area contributed by atoms with Crippen LogP contribution in [-0.2, 0) is 0 Å². The fourth-order valence-electron chi connectivity index (χ4n) is 3.88. The zero-order valence-electron chi connectivity index (χ0n) is 18.1. The van der Waals surface area contributed by atoms with Gasteiger partial charge < -0.3 is 9.32 Å². The first-order valence-corrected chi connectivity index (χ1v) is 10.5. The highest BCUT2D eigenvalue weighted by atomic mass is 16.3. The fourth-order valence-corrected chi connectivity index (χ4v) is 3.88. The average molecular weight is 406 g/mol. The van der Waals surface area contributed by atoms with Crippen LogP contribution in [0.3, 0.4) is 0 Å². The zero-order valence-corrected chi connectivity index (χ0v) is 18.1. The van der Waals surface area contributed by atoms with Crippen molar-refractivity contribution in [1.82, 2.24) is 0 Å². The molecule has 2 nitrogen and oxygen atoms in total. The molecule has 2 aromatic carbocycles. The summed E-state index contributed by atoms with van der Waals surface area (Å²) in [4.78, 5) is 2.13. The molecule has 0 N–H and O–H groups in total. The molecule has 1 heterocycles. The second-order valence-electron chi connectivity index (χ2n) is 7.60. The summed E-state index contributed by atoms with van der Waals surface area (Å²) in [6, 6.07) is 12.3. The van der Waals surface area contributed by atoms with E-state index in [0.717, 1.165) is 50.9 Å². The van der Waals surface area contributed by atoms with Gasteiger partial charge >= 0.3 is 0 Å². The van der Waals surface area contributed by atoms with E-state index >= 15 is 0 Å². The van der Waals surface area contributed by atoms with Gasteiger partial charge in [0.15, 0.2) is 0 Å². The molecule has 0 fully saturated rings. The molecule has 0 saturated carbocycles. The number of allylic oxidation sites excluding steroid dienone is 11. The maximum Gasteiger partial charge on any atom is 0.136 e. The van der Waals surface area contributed by atoms with Crippen LogP contribution < -0.4 is 4.90 Å². The number of para-hydroxylation sites is 1. The molecule has 0 radical (unpaired) electrons. The Balaban J connectivity index is 1.87. The number of furan rings is 1. The van der Waals surface area contributed by atoms with Gasteiger partial charge in [0.1, 0.15) is 11.2 Å². The third-order valence-corrected chi connectivity index (χ3v) is 5.50. The van der Waals surface area contributed by atoms with Crippen LogP contribution in [-0.4, -0.2) is 7.05 Å². The lowest BCUT2D eigenvalue weighted by Crippen LogP contribution is -2.16. The van der Waals surface area contributed by atoms with Crippen LogP contribution >= 0.6 is 0 Å². The minimum absolute atomic E-state index is 0.859. The van der Waals surface area contributed by atoms with Crippen LogP contribution in [0.25, 0.3) is 27.5 Å². The number of likely N-dealkylation sites (N-methyl/N-ethyl adjacent to an activating group) is 1. The molecule has 0 amide bonds. The normalized spacial score (nSPS) is 15.1. The predicted octanol–water partition coefficient (Wildman–Crippen LogP) is 8.12. The molecule has 31 heavy (non-hydrogen) atoms. The van der Waals surface area contributed by atoms with Crippen molar-refractivity contribution in [2.45, 2.75) is 13.3 Å². The summed E-state index contributed by atoms with van der Waals surface area (Å²) in [6.45, 7) is 10.7. The summed E-state index contributed by atoms with van der Waals surface area (Å²) in [5, 5.41) is 2.17. The third-order valence-electron chi connectivity index (χ3n) is 5.50. The maximum absolute atomic E-state index is 6.14. The number of hydrogen-bond donors (Lipinski definition) is 0. The van der Waals surface area contributed by atoms with Crippen LogP contribution in [0.1, 0.15) is 18.9 Å². The van der Waals surface area contributed by atoms with Crippen molar-refractivity contribution in [3.8, 4) is 0 Å². The third kappa shape index (κ3) is 4.10. The van der Waals surface area contributed by atoms with Gasteiger partial charge in [0.05, 0.1) is 0 Å². The summed E-state index contributed by atoms with van der Waals surface area (Å²) >= 11 is 0. The van der Waals surface area contributed by atoms with E-state index in [0.29, 0.717) is 0 Å². The Bertz CT molecular complexity index is 1310. The Hall–Kier alpha value is -3.78. The molecule has 154 valence electrons. The molecule has 0 saturated heterocycles. The van der Waals surface area contributed by atoms with Crippen molar-refractivity contribution in [2.75, 3.05) is 11.9 Å². The second kappa shape index (κ2) is 8.93. The highest BCUT2D eigenvalue weighted by molar-refractivity contribution is 6.13. The van der Waals surface area contributed by atoms with E-state index in [1.54, 1.807) is 0 Å². The summed E-state index contributed by atoms with van der Waals surface area (Å²) in [7, 11) is 2.05. The lowest BCUT2D eigenvalue weighted by atomic mass is 9.97. The van der Waals surface area contributed by atoms with Gasteiger partial charge in [-0.05, 0) is 48.8 Å². The topological polar surface area (TPSA) is 16.4 Å². The number of hydrogen-bond acceptors (Lipinski definition) is 2. The van der Waals surface area contributed by atoms with Gasteiger partial charge in [-0.1, -0.05) is 80.0 Å². The van der Waals surface area contributed by atoms with Gasteiger partial charge in [-0.3, -0.25) is 0 Å². The van der Waals surface area contributed by atoms with Crippen molar-refractivity contribution < 1.29 is 4.42 Å². The van der Waals surface area contributed by atoms with Crippen molar-refractivity contribution in [3.63, 3.8) is 0 Å². The Morgan fingerprint density at radius 3 is 2.65 bits per heavy atom. The molecule has 1 aliphatic carbocycles. The highest BCUT2D eigenvalue weighted by Crippen LogP contribution is 2.40. The Morgan fingerprint density at radius 2 is 1.87 bits per heavy atom.